The Kier molecular flexibility index (Phi) is 6.11. The first-order chi connectivity index (χ1) is 13.1. The predicted molar refractivity (Wildman–Crippen MR) is 111 cm³/mol. The summed E-state index contributed by atoms with van der Waals surface area (Å²) in [4.78, 5) is 15.3. The average Bonchev–Trinajstić information content (AvgIpc) is 2.94. The molecule has 2 saturated heterocycles. The Hall–Kier alpha value is -1.15. The molecule has 28 heavy (non-hydrogen) atoms. The van der Waals surface area contributed by atoms with Gasteiger partial charge < -0.3 is 4.90 Å². The van der Waals surface area contributed by atoms with E-state index in [2.05, 4.69) is 19.2 Å². The zero-order chi connectivity index (χ0) is 20.7. The highest BCUT2D eigenvalue weighted by atomic mass is 35.5. The summed E-state index contributed by atoms with van der Waals surface area (Å²) >= 11 is 5.89. The molecular formula is C20H30ClN3O3S. The smallest absolute Gasteiger partial charge is 0.243 e. The maximum Gasteiger partial charge on any atom is 0.243 e. The number of nitrogens with one attached hydrogen (secondary N) is 1. The van der Waals surface area contributed by atoms with Crippen molar-refractivity contribution in [2.75, 3.05) is 13.1 Å². The number of sulfonamides is 1. The normalized spacial score (nSPS) is 24.3. The molecule has 0 saturated carbocycles. The number of nitrogens with zero attached hydrogens (tertiary/aromatic N) is 2. The summed E-state index contributed by atoms with van der Waals surface area (Å²) in [7, 11) is -3.57. The predicted octanol–water partition coefficient (Wildman–Crippen LogP) is 3.08. The molecule has 156 valence electrons. The molecule has 2 aliphatic heterocycles. The van der Waals surface area contributed by atoms with Crippen molar-refractivity contribution in [3.05, 3.63) is 29.3 Å². The number of carbonyl (C=O) groups excluding carboxylic acids is 1. The standard InChI is InChI=1S/C20H30ClN3O3S/c1-5-15(4)24-19(25)18(14(2)3)22-20(24)10-12-23(13-11-20)28(26,27)17-8-6-16(21)7-9-17/h6-9,14-15,18,22H,5,10-13H2,1-4H3/t15-,18-/m0/s1. The van der Waals surface area contributed by atoms with Gasteiger partial charge in [0.2, 0.25) is 15.9 Å². The van der Waals surface area contributed by atoms with Gasteiger partial charge in [-0.25, -0.2) is 8.42 Å². The Labute approximate surface area is 173 Å². The van der Waals surface area contributed by atoms with Crippen molar-refractivity contribution in [2.24, 2.45) is 5.92 Å². The fraction of sp³-hybridized carbons (Fsp3) is 0.650. The van der Waals surface area contributed by atoms with Crippen molar-refractivity contribution in [3.63, 3.8) is 0 Å². The van der Waals surface area contributed by atoms with Gasteiger partial charge in [0.25, 0.3) is 0 Å². The molecule has 1 spiro atoms. The van der Waals surface area contributed by atoms with Crippen molar-refractivity contribution in [1.29, 1.82) is 0 Å². The lowest BCUT2D eigenvalue weighted by Crippen LogP contribution is -2.61. The number of hydrogen-bond donors (Lipinski definition) is 1. The van der Waals surface area contributed by atoms with Gasteiger partial charge >= 0.3 is 0 Å². The summed E-state index contributed by atoms with van der Waals surface area (Å²) in [6, 6.07) is 6.17. The molecule has 0 unspecified atom stereocenters. The number of carbonyl (C=O) groups is 1. The van der Waals surface area contributed by atoms with Crippen molar-refractivity contribution in [1.82, 2.24) is 14.5 Å². The van der Waals surface area contributed by atoms with Crippen molar-refractivity contribution >= 4 is 27.5 Å². The highest BCUT2D eigenvalue weighted by molar-refractivity contribution is 7.89. The number of halogens is 1. The second-order valence-electron chi connectivity index (χ2n) is 8.22. The quantitative estimate of drug-likeness (QED) is 0.783. The van der Waals surface area contributed by atoms with E-state index in [-0.39, 0.29) is 28.8 Å². The average molecular weight is 428 g/mol. The summed E-state index contributed by atoms with van der Waals surface area (Å²) in [6.45, 7) is 8.99. The van der Waals surface area contributed by atoms with E-state index in [1.807, 2.05) is 18.7 Å². The van der Waals surface area contributed by atoms with E-state index in [9.17, 15) is 13.2 Å². The maximum absolute atomic E-state index is 13.1. The van der Waals surface area contributed by atoms with Crippen LogP contribution in [0.4, 0.5) is 0 Å². The van der Waals surface area contributed by atoms with E-state index in [0.717, 1.165) is 6.42 Å². The molecule has 2 atom stereocenters. The molecule has 8 heteroatoms. The molecule has 0 aromatic heterocycles. The molecule has 0 radical (unpaired) electrons. The van der Waals surface area contributed by atoms with Gasteiger partial charge in [0.1, 0.15) is 0 Å². The molecule has 1 aromatic carbocycles. The minimum Gasteiger partial charge on any atom is -0.320 e. The number of rotatable bonds is 5. The van der Waals surface area contributed by atoms with E-state index >= 15 is 0 Å². The number of piperidine rings is 1. The topological polar surface area (TPSA) is 69.7 Å². The minimum absolute atomic E-state index is 0.114. The third-order valence-corrected chi connectivity index (χ3v) is 8.25. The van der Waals surface area contributed by atoms with Gasteiger partial charge in [0.15, 0.2) is 0 Å². The highest BCUT2D eigenvalue weighted by Crippen LogP contribution is 2.37. The van der Waals surface area contributed by atoms with Gasteiger partial charge in [-0.15, -0.1) is 0 Å². The van der Waals surface area contributed by atoms with Crippen LogP contribution < -0.4 is 5.32 Å². The van der Waals surface area contributed by atoms with Crippen LogP contribution in [0.15, 0.2) is 29.2 Å². The Morgan fingerprint density at radius 2 is 1.75 bits per heavy atom. The van der Waals surface area contributed by atoms with Crippen LogP contribution in [0.2, 0.25) is 5.02 Å². The molecule has 2 fully saturated rings. The van der Waals surface area contributed by atoms with Crippen LogP contribution in [0.5, 0.6) is 0 Å². The van der Waals surface area contributed by atoms with Crippen LogP contribution in [0.1, 0.15) is 47.0 Å². The molecule has 2 aliphatic rings. The van der Waals surface area contributed by atoms with E-state index < -0.39 is 15.7 Å². The Morgan fingerprint density at radius 1 is 1.18 bits per heavy atom. The first-order valence-electron chi connectivity index (χ1n) is 9.99. The molecule has 1 N–H and O–H groups in total. The van der Waals surface area contributed by atoms with Crippen LogP contribution in [0.25, 0.3) is 0 Å². The molecule has 1 aromatic rings. The van der Waals surface area contributed by atoms with Gasteiger partial charge in [-0.05, 0) is 56.4 Å². The lowest BCUT2D eigenvalue weighted by Gasteiger charge is -2.46. The number of hydrogen-bond acceptors (Lipinski definition) is 4. The van der Waals surface area contributed by atoms with Gasteiger partial charge in [-0.1, -0.05) is 32.4 Å². The van der Waals surface area contributed by atoms with Crippen molar-refractivity contribution < 1.29 is 13.2 Å². The molecule has 3 rings (SSSR count). The first-order valence-corrected chi connectivity index (χ1v) is 11.8. The number of amides is 1. The fourth-order valence-corrected chi connectivity index (χ4v) is 5.86. The molecule has 1 amide bonds. The summed E-state index contributed by atoms with van der Waals surface area (Å²) in [5.41, 5.74) is -0.465. The minimum atomic E-state index is -3.57. The van der Waals surface area contributed by atoms with Gasteiger partial charge in [-0.3, -0.25) is 10.1 Å². The van der Waals surface area contributed by atoms with Crippen LogP contribution in [-0.2, 0) is 14.8 Å². The molecule has 2 heterocycles. The van der Waals surface area contributed by atoms with E-state index in [4.69, 9.17) is 11.6 Å². The van der Waals surface area contributed by atoms with Crippen molar-refractivity contribution in [2.45, 2.75) is 69.6 Å². The van der Waals surface area contributed by atoms with E-state index in [1.165, 1.54) is 4.31 Å². The van der Waals surface area contributed by atoms with E-state index in [1.54, 1.807) is 24.3 Å². The summed E-state index contributed by atoms with van der Waals surface area (Å²) in [5, 5.41) is 4.09. The third-order valence-electron chi connectivity index (χ3n) is 6.09. The third kappa shape index (κ3) is 3.70. The fourth-order valence-electron chi connectivity index (χ4n) is 4.29. The second kappa shape index (κ2) is 7.94. The summed E-state index contributed by atoms with van der Waals surface area (Å²) < 4.78 is 27.5. The molecule has 6 nitrogen and oxygen atoms in total. The van der Waals surface area contributed by atoms with Crippen molar-refractivity contribution in [3.8, 4) is 0 Å². The number of benzene rings is 1. The molecule has 0 aliphatic carbocycles. The van der Waals surface area contributed by atoms with Gasteiger partial charge in [0, 0.05) is 24.2 Å². The SMILES string of the molecule is CC[C@H](C)N1C(=O)[C@H](C(C)C)NC12CCN(S(=O)(=O)c1ccc(Cl)cc1)CC2. The van der Waals surface area contributed by atoms with Gasteiger partial charge in [-0.2, -0.15) is 4.31 Å². The second-order valence-corrected chi connectivity index (χ2v) is 10.6. The van der Waals surface area contributed by atoms with Crippen LogP contribution in [-0.4, -0.2) is 54.4 Å². The lowest BCUT2D eigenvalue weighted by atomic mass is 9.95. The monoisotopic (exact) mass is 427 g/mol. The molecular weight excluding hydrogens is 398 g/mol. The van der Waals surface area contributed by atoms with Crippen LogP contribution in [0.3, 0.4) is 0 Å². The Bertz CT molecular complexity index is 818. The Balaban J connectivity index is 1.82. The van der Waals surface area contributed by atoms with Crippen LogP contribution in [0, 0.1) is 5.92 Å². The first kappa shape index (κ1) is 21.6. The summed E-state index contributed by atoms with van der Waals surface area (Å²) in [6.07, 6.45) is 2.03. The zero-order valence-electron chi connectivity index (χ0n) is 17.0. The zero-order valence-corrected chi connectivity index (χ0v) is 18.6. The van der Waals surface area contributed by atoms with Gasteiger partial charge in [0.05, 0.1) is 16.6 Å². The maximum atomic E-state index is 13.1. The summed E-state index contributed by atoms with van der Waals surface area (Å²) in [5.74, 6) is 0.326. The van der Waals surface area contributed by atoms with Crippen LogP contribution >= 0.6 is 11.6 Å². The largest absolute Gasteiger partial charge is 0.320 e. The Morgan fingerprint density at radius 3 is 2.25 bits per heavy atom. The lowest BCUT2D eigenvalue weighted by molar-refractivity contribution is -0.136. The highest BCUT2D eigenvalue weighted by Gasteiger charge is 2.54. The van der Waals surface area contributed by atoms with E-state index in [0.29, 0.717) is 31.0 Å². The molecule has 0 bridgehead atoms.